The lowest BCUT2D eigenvalue weighted by atomic mass is 9.78. The highest BCUT2D eigenvalue weighted by molar-refractivity contribution is 5.77. The monoisotopic (exact) mass is 231 g/mol. The van der Waals surface area contributed by atoms with Gasteiger partial charge in [-0.2, -0.15) is 0 Å². The van der Waals surface area contributed by atoms with Crippen LogP contribution in [0.25, 0.3) is 0 Å². The molecular formula is C14H17NO2. The standard InChI is InChI=1S/C14H17NO2/c1-5-10-6-8-11(9-7-10)14(2,3)12(15)13(16)17-4/h1,6-9,12H,15H2,2-4H3. The van der Waals surface area contributed by atoms with E-state index in [1.165, 1.54) is 7.11 Å². The Hall–Kier alpha value is -1.79. The fraction of sp³-hybridized carbons (Fsp3) is 0.357. The molecule has 1 rings (SSSR count). The first-order valence-electron chi connectivity index (χ1n) is 5.34. The predicted octanol–water partition coefficient (Wildman–Crippen LogP) is 1.45. The van der Waals surface area contributed by atoms with Gasteiger partial charge in [-0.05, 0) is 17.7 Å². The molecule has 17 heavy (non-hydrogen) atoms. The van der Waals surface area contributed by atoms with E-state index in [0.717, 1.165) is 11.1 Å². The van der Waals surface area contributed by atoms with Gasteiger partial charge in [-0.3, -0.25) is 4.79 Å². The van der Waals surface area contributed by atoms with E-state index in [0.29, 0.717) is 0 Å². The van der Waals surface area contributed by atoms with E-state index >= 15 is 0 Å². The minimum atomic E-state index is -0.704. The van der Waals surface area contributed by atoms with E-state index in [1.54, 1.807) is 0 Å². The lowest BCUT2D eigenvalue weighted by Gasteiger charge is -2.30. The van der Waals surface area contributed by atoms with Crippen LogP contribution in [-0.4, -0.2) is 19.1 Å². The Labute approximate surface area is 102 Å². The number of benzene rings is 1. The summed E-state index contributed by atoms with van der Waals surface area (Å²) in [7, 11) is 1.33. The third-order valence-corrected chi connectivity index (χ3v) is 3.03. The summed E-state index contributed by atoms with van der Waals surface area (Å²) in [5, 5.41) is 0. The number of esters is 1. The first-order valence-corrected chi connectivity index (χ1v) is 5.34. The Morgan fingerprint density at radius 3 is 2.35 bits per heavy atom. The summed E-state index contributed by atoms with van der Waals surface area (Å²) in [6.07, 6.45) is 5.29. The molecule has 1 aromatic rings. The van der Waals surface area contributed by atoms with Crippen molar-refractivity contribution in [3.8, 4) is 12.3 Å². The first-order chi connectivity index (χ1) is 7.93. The second-order valence-electron chi connectivity index (χ2n) is 4.44. The normalized spacial score (nSPS) is 12.6. The summed E-state index contributed by atoms with van der Waals surface area (Å²) < 4.78 is 4.67. The van der Waals surface area contributed by atoms with E-state index in [-0.39, 0.29) is 0 Å². The summed E-state index contributed by atoms with van der Waals surface area (Å²) >= 11 is 0. The zero-order valence-electron chi connectivity index (χ0n) is 10.4. The molecule has 0 aromatic heterocycles. The van der Waals surface area contributed by atoms with E-state index in [4.69, 9.17) is 12.2 Å². The van der Waals surface area contributed by atoms with Gasteiger partial charge in [0.25, 0.3) is 0 Å². The maximum absolute atomic E-state index is 11.5. The van der Waals surface area contributed by atoms with Gasteiger partial charge in [-0.15, -0.1) is 6.42 Å². The summed E-state index contributed by atoms with van der Waals surface area (Å²) in [4.78, 5) is 11.5. The van der Waals surface area contributed by atoms with Gasteiger partial charge in [0.1, 0.15) is 6.04 Å². The highest BCUT2D eigenvalue weighted by Gasteiger charge is 2.34. The second kappa shape index (κ2) is 5.03. The molecule has 1 atom stereocenters. The van der Waals surface area contributed by atoms with E-state index in [1.807, 2.05) is 38.1 Å². The van der Waals surface area contributed by atoms with E-state index in [2.05, 4.69) is 10.7 Å². The van der Waals surface area contributed by atoms with E-state index < -0.39 is 17.4 Å². The lowest BCUT2D eigenvalue weighted by Crippen LogP contribution is -2.47. The van der Waals surface area contributed by atoms with Crippen molar-refractivity contribution in [2.24, 2.45) is 5.73 Å². The Morgan fingerprint density at radius 1 is 1.41 bits per heavy atom. The minimum Gasteiger partial charge on any atom is -0.468 e. The van der Waals surface area contributed by atoms with Crippen LogP contribution >= 0.6 is 0 Å². The van der Waals surface area contributed by atoms with Gasteiger partial charge in [0.2, 0.25) is 0 Å². The Kier molecular flexibility index (Phi) is 3.93. The molecule has 0 radical (unpaired) electrons. The third-order valence-electron chi connectivity index (χ3n) is 3.03. The van der Waals surface area contributed by atoms with Crippen molar-refractivity contribution in [3.05, 3.63) is 35.4 Å². The van der Waals surface area contributed by atoms with Gasteiger partial charge in [0.15, 0.2) is 0 Å². The predicted molar refractivity (Wildman–Crippen MR) is 67.4 cm³/mol. The molecule has 0 aliphatic rings. The molecule has 0 spiro atoms. The van der Waals surface area contributed by atoms with Crippen LogP contribution in [0.2, 0.25) is 0 Å². The number of ether oxygens (including phenoxy) is 1. The van der Waals surface area contributed by atoms with Gasteiger partial charge in [0.05, 0.1) is 7.11 Å². The van der Waals surface area contributed by atoms with Gasteiger partial charge in [-0.25, -0.2) is 0 Å². The van der Waals surface area contributed by atoms with Crippen LogP contribution in [0.1, 0.15) is 25.0 Å². The average Bonchev–Trinajstić information content (AvgIpc) is 2.36. The number of hydrogen-bond acceptors (Lipinski definition) is 3. The molecule has 0 amide bonds. The lowest BCUT2D eigenvalue weighted by molar-refractivity contribution is -0.143. The quantitative estimate of drug-likeness (QED) is 0.632. The van der Waals surface area contributed by atoms with Crippen LogP contribution in [0, 0.1) is 12.3 Å². The summed E-state index contributed by atoms with van der Waals surface area (Å²) in [5.74, 6) is 2.13. The number of carbonyl (C=O) groups excluding carboxylic acids is 1. The Balaban J connectivity index is 3.04. The Morgan fingerprint density at radius 2 is 1.94 bits per heavy atom. The maximum Gasteiger partial charge on any atom is 0.323 e. The molecule has 0 bridgehead atoms. The fourth-order valence-corrected chi connectivity index (χ4v) is 1.60. The number of hydrogen-bond donors (Lipinski definition) is 1. The summed E-state index contributed by atoms with van der Waals surface area (Å²) in [6, 6.07) is 6.74. The molecule has 0 heterocycles. The van der Waals surface area contributed by atoms with Crippen molar-refractivity contribution in [2.45, 2.75) is 25.3 Å². The fourth-order valence-electron chi connectivity index (χ4n) is 1.60. The SMILES string of the molecule is C#Cc1ccc(C(C)(C)C(N)C(=O)OC)cc1. The molecule has 0 aliphatic carbocycles. The van der Waals surface area contributed by atoms with Crippen molar-refractivity contribution in [1.29, 1.82) is 0 Å². The zero-order valence-corrected chi connectivity index (χ0v) is 10.4. The highest BCUT2D eigenvalue weighted by Crippen LogP contribution is 2.26. The average molecular weight is 231 g/mol. The van der Waals surface area contributed by atoms with Gasteiger partial charge < -0.3 is 10.5 Å². The van der Waals surface area contributed by atoms with Crippen LogP contribution in [0.5, 0.6) is 0 Å². The van der Waals surface area contributed by atoms with Crippen LogP contribution < -0.4 is 5.73 Å². The van der Waals surface area contributed by atoms with Crippen molar-refractivity contribution in [3.63, 3.8) is 0 Å². The molecule has 0 saturated heterocycles. The number of terminal acetylenes is 1. The third kappa shape index (κ3) is 2.66. The highest BCUT2D eigenvalue weighted by atomic mass is 16.5. The Bertz CT molecular complexity index is 440. The summed E-state index contributed by atoms with van der Waals surface area (Å²) in [5.41, 5.74) is 7.15. The van der Waals surface area contributed by atoms with E-state index in [9.17, 15) is 4.79 Å². The van der Waals surface area contributed by atoms with Crippen LogP contribution in [-0.2, 0) is 14.9 Å². The molecule has 3 nitrogen and oxygen atoms in total. The molecule has 90 valence electrons. The van der Waals surface area contributed by atoms with Crippen molar-refractivity contribution in [2.75, 3.05) is 7.11 Å². The zero-order chi connectivity index (χ0) is 13.1. The molecule has 0 fully saturated rings. The second-order valence-corrected chi connectivity index (χ2v) is 4.44. The molecule has 1 aromatic carbocycles. The topological polar surface area (TPSA) is 52.3 Å². The van der Waals surface area contributed by atoms with Gasteiger partial charge >= 0.3 is 5.97 Å². The molecular weight excluding hydrogens is 214 g/mol. The smallest absolute Gasteiger partial charge is 0.323 e. The largest absolute Gasteiger partial charge is 0.468 e. The van der Waals surface area contributed by atoms with Crippen molar-refractivity contribution < 1.29 is 9.53 Å². The maximum atomic E-state index is 11.5. The number of rotatable bonds is 3. The number of carbonyl (C=O) groups is 1. The van der Waals surface area contributed by atoms with Gasteiger partial charge in [-0.1, -0.05) is 31.9 Å². The van der Waals surface area contributed by atoms with Gasteiger partial charge in [0, 0.05) is 11.0 Å². The number of methoxy groups -OCH3 is 1. The van der Waals surface area contributed by atoms with Crippen molar-refractivity contribution in [1.82, 2.24) is 0 Å². The molecule has 2 N–H and O–H groups in total. The number of nitrogens with two attached hydrogens (primary N) is 1. The molecule has 1 unspecified atom stereocenters. The van der Waals surface area contributed by atoms with Crippen LogP contribution in [0.4, 0.5) is 0 Å². The molecule has 0 saturated carbocycles. The molecule has 3 heteroatoms. The van der Waals surface area contributed by atoms with Crippen LogP contribution in [0.15, 0.2) is 24.3 Å². The summed E-state index contributed by atoms with van der Waals surface area (Å²) in [6.45, 7) is 3.80. The minimum absolute atomic E-state index is 0.420. The molecule has 0 aliphatic heterocycles. The van der Waals surface area contributed by atoms with Crippen LogP contribution in [0.3, 0.4) is 0 Å². The first kappa shape index (κ1) is 13.3. The van der Waals surface area contributed by atoms with Crippen molar-refractivity contribution >= 4 is 5.97 Å².